The first kappa shape index (κ1) is 25.9. The lowest BCUT2D eigenvalue weighted by Crippen LogP contribution is -2.50. The Kier molecular flexibility index (Phi) is 9.62. The summed E-state index contributed by atoms with van der Waals surface area (Å²) in [7, 11) is 1.62. The Balaban J connectivity index is 1.77. The molecule has 0 unspecified atom stereocenters. The van der Waals surface area contributed by atoms with Gasteiger partial charge in [-0.15, -0.1) is 11.3 Å². The number of ether oxygens (including phenoxy) is 2. The molecule has 3 amide bonds. The fourth-order valence-corrected chi connectivity index (χ4v) is 5.03. The fourth-order valence-electron chi connectivity index (χ4n) is 4.10. The fraction of sp³-hybridized carbons (Fsp3) is 0.538. The van der Waals surface area contributed by atoms with Gasteiger partial charge in [-0.1, -0.05) is 39.3 Å². The van der Waals surface area contributed by atoms with E-state index in [0.717, 1.165) is 24.8 Å². The van der Waals surface area contributed by atoms with Crippen LogP contribution in [0.1, 0.15) is 50.1 Å². The highest BCUT2D eigenvalue weighted by molar-refractivity contribution is 7.10. The molecule has 2 atom stereocenters. The number of carbonyl (C=O) groups excluding carboxylic acids is 2. The van der Waals surface area contributed by atoms with Gasteiger partial charge in [-0.05, 0) is 47.9 Å². The molecule has 2 aromatic rings. The molecule has 0 saturated carbocycles. The molecule has 0 bridgehead atoms. The summed E-state index contributed by atoms with van der Waals surface area (Å²) < 4.78 is 11.6. The molecule has 0 radical (unpaired) electrons. The van der Waals surface area contributed by atoms with Gasteiger partial charge in [-0.25, -0.2) is 4.79 Å². The number of thiophene rings is 1. The van der Waals surface area contributed by atoms with Crippen LogP contribution in [0.25, 0.3) is 0 Å². The number of hydrogen-bond acceptors (Lipinski definition) is 5. The highest BCUT2D eigenvalue weighted by atomic mass is 32.1. The zero-order valence-corrected chi connectivity index (χ0v) is 21.5. The Morgan fingerprint density at radius 2 is 2.00 bits per heavy atom. The number of fused-ring (bicyclic) bond motifs is 1. The van der Waals surface area contributed by atoms with Crippen molar-refractivity contribution in [3.05, 3.63) is 46.2 Å². The smallest absolute Gasteiger partial charge is 0.317 e. The third-order valence-electron chi connectivity index (χ3n) is 6.25. The van der Waals surface area contributed by atoms with E-state index in [2.05, 4.69) is 30.6 Å². The Bertz CT molecular complexity index is 948. The van der Waals surface area contributed by atoms with E-state index in [1.165, 1.54) is 4.88 Å². The molecule has 8 heteroatoms. The van der Waals surface area contributed by atoms with Crippen LogP contribution in [0.2, 0.25) is 0 Å². The maximum Gasteiger partial charge on any atom is 0.317 e. The van der Waals surface area contributed by atoms with Crippen LogP contribution in [0.5, 0.6) is 11.5 Å². The molecule has 0 spiro atoms. The van der Waals surface area contributed by atoms with Crippen molar-refractivity contribution in [3.63, 3.8) is 0 Å². The Morgan fingerprint density at radius 3 is 2.71 bits per heavy atom. The predicted octanol–water partition coefficient (Wildman–Crippen LogP) is 4.73. The van der Waals surface area contributed by atoms with Crippen LogP contribution in [-0.4, -0.2) is 61.6 Å². The van der Waals surface area contributed by atoms with Crippen molar-refractivity contribution in [1.82, 2.24) is 15.1 Å². The van der Waals surface area contributed by atoms with Gasteiger partial charge in [-0.3, -0.25) is 4.79 Å². The number of carbonyl (C=O) groups is 2. The van der Waals surface area contributed by atoms with Crippen LogP contribution in [0.15, 0.2) is 35.7 Å². The molecular formula is C26H37N3O4S. The third-order valence-corrected chi connectivity index (χ3v) is 7.25. The summed E-state index contributed by atoms with van der Waals surface area (Å²) >= 11 is 1.72. The van der Waals surface area contributed by atoms with E-state index in [-0.39, 0.29) is 24.5 Å². The van der Waals surface area contributed by atoms with E-state index in [4.69, 9.17) is 9.47 Å². The van der Waals surface area contributed by atoms with Crippen LogP contribution < -0.4 is 14.8 Å². The first-order chi connectivity index (χ1) is 16.5. The van der Waals surface area contributed by atoms with Crippen molar-refractivity contribution in [1.29, 1.82) is 0 Å². The van der Waals surface area contributed by atoms with E-state index in [1.54, 1.807) is 23.3 Å². The molecule has 1 N–H and O–H groups in total. The number of benzene rings is 1. The summed E-state index contributed by atoms with van der Waals surface area (Å²) in [6.07, 6.45) is 2.62. The van der Waals surface area contributed by atoms with Crippen molar-refractivity contribution < 1.29 is 19.1 Å². The molecule has 1 aliphatic rings. The molecular weight excluding hydrogens is 450 g/mol. The number of amides is 3. The topological polar surface area (TPSA) is 71.1 Å². The first-order valence-corrected chi connectivity index (χ1v) is 13.0. The highest BCUT2D eigenvalue weighted by Gasteiger charge is 2.33. The summed E-state index contributed by atoms with van der Waals surface area (Å²) in [5.74, 6) is 1.57. The van der Waals surface area contributed by atoms with E-state index >= 15 is 0 Å². The second kappa shape index (κ2) is 12.6. The van der Waals surface area contributed by atoms with Gasteiger partial charge in [0.15, 0.2) is 11.5 Å². The molecule has 1 aromatic carbocycles. The average Bonchev–Trinajstić information content (AvgIpc) is 3.34. The number of urea groups is 1. The molecule has 1 aromatic heterocycles. The van der Waals surface area contributed by atoms with Crippen molar-refractivity contribution in [2.75, 3.05) is 39.9 Å². The SMILES string of the molecule is CCCNC(=O)N(CC(=O)N1CCc2sccc2[C@H]1COc1ccccc1OC)C[C@@H](C)CC. The lowest BCUT2D eigenvalue weighted by Gasteiger charge is -2.37. The summed E-state index contributed by atoms with van der Waals surface area (Å²) in [5, 5.41) is 5.00. The van der Waals surface area contributed by atoms with E-state index in [0.29, 0.717) is 43.7 Å². The van der Waals surface area contributed by atoms with Gasteiger partial charge < -0.3 is 24.6 Å². The molecule has 1 aliphatic heterocycles. The average molecular weight is 488 g/mol. The normalized spacial score (nSPS) is 15.9. The van der Waals surface area contributed by atoms with Crippen molar-refractivity contribution in [2.24, 2.45) is 5.92 Å². The second-order valence-electron chi connectivity index (χ2n) is 8.74. The summed E-state index contributed by atoms with van der Waals surface area (Å²) in [4.78, 5) is 31.2. The van der Waals surface area contributed by atoms with Gasteiger partial charge in [0.25, 0.3) is 0 Å². The number of nitrogens with one attached hydrogen (secondary N) is 1. The molecule has 7 nitrogen and oxygen atoms in total. The quantitative estimate of drug-likeness (QED) is 0.497. The number of para-hydroxylation sites is 2. The molecule has 3 rings (SSSR count). The van der Waals surface area contributed by atoms with E-state index < -0.39 is 0 Å². The number of hydrogen-bond donors (Lipinski definition) is 1. The summed E-state index contributed by atoms with van der Waals surface area (Å²) in [6, 6.07) is 9.22. The molecule has 2 heterocycles. The predicted molar refractivity (Wildman–Crippen MR) is 136 cm³/mol. The van der Waals surface area contributed by atoms with Gasteiger partial charge in [-0.2, -0.15) is 0 Å². The first-order valence-electron chi connectivity index (χ1n) is 12.1. The minimum atomic E-state index is -0.212. The molecule has 0 fully saturated rings. The lowest BCUT2D eigenvalue weighted by atomic mass is 10.00. The van der Waals surface area contributed by atoms with Crippen LogP contribution in [0.4, 0.5) is 4.79 Å². The third kappa shape index (κ3) is 6.44. The second-order valence-corrected chi connectivity index (χ2v) is 9.74. The Morgan fingerprint density at radius 1 is 1.24 bits per heavy atom. The lowest BCUT2D eigenvalue weighted by molar-refractivity contribution is -0.135. The van der Waals surface area contributed by atoms with Crippen LogP contribution >= 0.6 is 11.3 Å². The monoisotopic (exact) mass is 487 g/mol. The van der Waals surface area contributed by atoms with Gasteiger partial charge in [0, 0.05) is 24.5 Å². The maximum absolute atomic E-state index is 13.6. The summed E-state index contributed by atoms with van der Waals surface area (Å²) in [5.41, 5.74) is 1.13. The standard InChI is InChI=1S/C26H37N3O4S/c1-5-13-27-26(31)28(16-19(3)6-2)17-25(30)29-14-11-24-20(12-15-34-24)21(29)18-33-23-10-8-7-9-22(23)32-4/h7-10,12,15,19,21H,5-6,11,13-14,16-18H2,1-4H3,(H,27,31)/t19-,21+/m0/s1. The van der Waals surface area contributed by atoms with Crippen LogP contribution in [0.3, 0.4) is 0 Å². The number of methoxy groups -OCH3 is 1. The maximum atomic E-state index is 13.6. The van der Waals surface area contributed by atoms with Crippen LogP contribution in [-0.2, 0) is 11.2 Å². The Hall–Kier alpha value is -2.74. The van der Waals surface area contributed by atoms with Crippen molar-refractivity contribution in [3.8, 4) is 11.5 Å². The number of rotatable bonds is 11. The van der Waals surface area contributed by atoms with Gasteiger partial charge in [0.05, 0.1) is 13.2 Å². The molecule has 186 valence electrons. The Labute approximate surface area is 207 Å². The van der Waals surface area contributed by atoms with Crippen molar-refractivity contribution in [2.45, 2.75) is 46.1 Å². The minimum Gasteiger partial charge on any atom is -0.493 e. The van der Waals surface area contributed by atoms with Crippen molar-refractivity contribution >= 4 is 23.3 Å². The summed E-state index contributed by atoms with van der Waals surface area (Å²) in [6.45, 7) is 8.37. The van der Waals surface area contributed by atoms with E-state index in [1.807, 2.05) is 36.1 Å². The van der Waals surface area contributed by atoms with E-state index in [9.17, 15) is 9.59 Å². The van der Waals surface area contributed by atoms with Crippen LogP contribution in [0, 0.1) is 5.92 Å². The van der Waals surface area contributed by atoms with Gasteiger partial charge >= 0.3 is 6.03 Å². The minimum absolute atomic E-state index is 0.0552. The zero-order chi connectivity index (χ0) is 24.5. The van der Waals surface area contributed by atoms with Gasteiger partial charge in [0.1, 0.15) is 13.2 Å². The largest absolute Gasteiger partial charge is 0.493 e. The van der Waals surface area contributed by atoms with Gasteiger partial charge in [0.2, 0.25) is 5.91 Å². The molecule has 0 aliphatic carbocycles. The zero-order valence-electron chi connectivity index (χ0n) is 20.7. The molecule has 0 saturated heterocycles. The molecule has 34 heavy (non-hydrogen) atoms. The highest BCUT2D eigenvalue weighted by Crippen LogP contribution is 2.35. The number of nitrogens with zero attached hydrogens (tertiary/aromatic N) is 2.